The van der Waals surface area contributed by atoms with Crippen molar-refractivity contribution in [2.75, 3.05) is 12.4 Å². The van der Waals surface area contributed by atoms with Crippen LogP contribution < -0.4 is 11.5 Å². The first-order valence-corrected chi connectivity index (χ1v) is 11.8. The molecule has 3 rings (SSSR count). The Hall–Kier alpha value is -1.89. The number of fused-ring (bicyclic) bond motifs is 1. The standard InChI is InChI=1S/C25H34FN3OS/c1-7-15(3)11-20(22(26)16(4)8-2)19-10-9-17(5)21(12-19)25-13-30-18(6)24(25,28)14-31-23(27)29-25/h9-12,18H,4,7-8,13-14,28H2,1-3,5-6H3,(H2,27,29). The summed E-state index contributed by atoms with van der Waals surface area (Å²) in [7, 11) is 0. The van der Waals surface area contributed by atoms with Crippen LogP contribution in [-0.2, 0) is 10.3 Å². The number of benzene rings is 1. The highest BCUT2D eigenvalue weighted by Crippen LogP contribution is 2.50. The molecule has 1 aromatic carbocycles. The van der Waals surface area contributed by atoms with E-state index in [2.05, 4.69) is 13.5 Å². The average Bonchev–Trinajstić information content (AvgIpc) is 3.02. The third-order valence-corrected chi connectivity index (χ3v) is 7.72. The van der Waals surface area contributed by atoms with Crippen LogP contribution in [0.25, 0.3) is 5.57 Å². The van der Waals surface area contributed by atoms with Crippen LogP contribution in [-0.4, -0.2) is 29.2 Å². The largest absolute Gasteiger partial charge is 0.379 e. The minimum absolute atomic E-state index is 0.172. The second kappa shape index (κ2) is 8.93. The Bertz CT molecular complexity index is 983. The number of nitrogens with two attached hydrogens (primary N) is 2. The third-order valence-electron chi connectivity index (χ3n) is 6.71. The smallest absolute Gasteiger partial charge is 0.155 e. The number of aliphatic imine (C=N–C) groups is 1. The normalized spacial score (nSPS) is 29.3. The molecule has 6 heteroatoms. The van der Waals surface area contributed by atoms with Crippen LogP contribution in [0, 0.1) is 6.92 Å². The van der Waals surface area contributed by atoms with Crippen LogP contribution >= 0.6 is 11.8 Å². The monoisotopic (exact) mass is 443 g/mol. The fourth-order valence-electron chi connectivity index (χ4n) is 4.24. The first-order valence-electron chi connectivity index (χ1n) is 10.8. The first-order chi connectivity index (χ1) is 14.6. The maximum atomic E-state index is 15.4. The maximum Gasteiger partial charge on any atom is 0.155 e. The molecule has 3 unspecified atom stereocenters. The summed E-state index contributed by atoms with van der Waals surface area (Å²) in [5.74, 6) is 0.339. The summed E-state index contributed by atoms with van der Waals surface area (Å²) in [6.07, 6.45) is 3.13. The molecule has 2 aliphatic heterocycles. The zero-order valence-corrected chi connectivity index (χ0v) is 20.0. The number of halogens is 1. The number of hydrogen-bond donors (Lipinski definition) is 2. The molecule has 1 fully saturated rings. The zero-order valence-electron chi connectivity index (χ0n) is 19.2. The van der Waals surface area contributed by atoms with Gasteiger partial charge in [0.25, 0.3) is 0 Å². The van der Waals surface area contributed by atoms with E-state index >= 15 is 4.39 Å². The van der Waals surface area contributed by atoms with Crippen molar-refractivity contribution in [3.8, 4) is 0 Å². The molecule has 3 atom stereocenters. The van der Waals surface area contributed by atoms with Gasteiger partial charge >= 0.3 is 0 Å². The third kappa shape index (κ3) is 4.01. The molecule has 0 bridgehead atoms. The van der Waals surface area contributed by atoms with E-state index in [1.165, 1.54) is 11.8 Å². The zero-order chi connectivity index (χ0) is 23.0. The average molecular weight is 444 g/mol. The lowest BCUT2D eigenvalue weighted by molar-refractivity contribution is 0.101. The van der Waals surface area contributed by atoms with E-state index in [1.54, 1.807) is 0 Å². The van der Waals surface area contributed by atoms with E-state index in [0.717, 1.165) is 28.7 Å². The molecule has 4 nitrogen and oxygen atoms in total. The van der Waals surface area contributed by atoms with Crippen LogP contribution in [0.1, 0.15) is 57.2 Å². The summed E-state index contributed by atoms with van der Waals surface area (Å²) in [5, 5.41) is 0.506. The maximum absolute atomic E-state index is 15.4. The summed E-state index contributed by atoms with van der Waals surface area (Å²) in [5.41, 5.74) is 16.5. The minimum atomic E-state index is -0.797. The van der Waals surface area contributed by atoms with E-state index in [9.17, 15) is 0 Å². The van der Waals surface area contributed by atoms with Gasteiger partial charge in [-0.25, -0.2) is 9.38 Å². The van der Waals surface area contributed by atoms with Crippen molar-refractivity contribution in [2.45, 2.75) is 64.6 Å². The number of hydrogen-bond acceptors (Lipinski definition) is 5. The van der Waals surface area contributed by atoms with Crippen LogP contribution in [0.15, 0.2) is 52.8 Å². The number of amidine groups is 1. The molecule has 168 valence electrons. The highest BCUT2D eigenvalue weighted by atomic mass is 32.2. The molecule has 0 aromatic heterocycles. The van der Waals surface area contributed by atoms with Gasteiger partial charge in [0.15, 0.2) is 5.17 Å². The van der Waals surface area contributed by atoms with Gasteiger partial charge in [0.2, 0.25) is 0 Å². The van der Waals surface area contributed by atoms with Crippen molar-refractivity contribution in [1.29, 1.82) is 0 Å². The van der Waals surface area contributed by atoms with Gasteiger partial charge in [0, 0.05) is 11.3 Å². The molecule has 0 spiro atoms. The Morgan fingerprint density at radius 2 is 2.10 bits per heavy atom. The second-order valence-electron chi connectivity index (χ2n) is 8.65. The Morgan fingerprint density at radius 1 is 1.39 bits per heavy atom. The van der Waals surface area contributed by atoms with Gasteiger partial charge in [0.05, 0.1) is 18.2 Å². The van der Waals surface area contributed by atoms with E-state index in [0.29, 0.717) is 35.1 Å². The Kier molecular flexibility index (Phi) is 6.84. The van der Waals surface area contributed by atoms with Crippen molar-refractivity contribution in [1.82, 2.24) is 0 Å². The Labute approximate surface area is 189 Å². The van der Waals surface area contributed by atoms with Crippen molar-refractivity contribution in [3.05, 3.63) is 64.5 Å². The van der Waals surface area contributed by atoms with Crippen molar-refractivity contribution < 1.29 is 9.13 Å². The number of nitrogens with zero attached hydrogens (tertiary/aromatic N) is 1. The van der Waals surface area contributed by atoms with Crippen LogP contribution in [0.4, 0.5) is 4.39 Å². The molecule has 0 amide bonds. The Balaban J connectivity index is 2.26. The van der Waals surface area contributed by atoms with Gasteiger partial charge in [-0.15, -0.1) is 0 Å². The molecule has 31 heavy (non-hydrogen) atoms. The molecule has 0 radical (unpaired) electrons. The summed E-state index contributed by atoms with van der Waals surface area (Å²) in [6.45, 7) is 14.3. The summed E-state index contributed by atoms with van der Waals surface area (Å²) in [6, 6.07) is 5.98. The lowest BCUT2D eigenvalue weighted by atomic mass is 9.71. The van der Waals surface area contributed by atoms with Gasteiger partial charge in [-0.3, -0.25) is 0 Å². The van der Waals surface area contributed by atoms with Crippen molar-refractivity contribution in [2.24, 2.45) is 16.5 Å². The lowest BCUT2D eigenvalue weighted by Crippen LogP contribution is -2.64. The fraction of sp³-hybridized carbons (Fsp3) is 0.480. The van der Waals surface area contributed by atoms with Gasteiger partial charge in [0.1, 0.15) is 11.4 Å². The number of aryl methyl sites for hydroxylation is 1. The molecule has 2 heterocycles. The summed E-state index contributed by atoms with van der Waals surface area (Å²) in [4.78, 5) is 4.87. The molecule has 0 saturated carbocycles. The number of thioether (sulfide) groups is 1. The quantitative estimate of drug-likeness (QED) is 0.580. The SMILES string of the molecule is C=C(CC)C(F)=C(C=C(C)CC)c1ccc(C)c(C23COC(C)C2(N)CSC(N)=N3)c1. The van der Waals surface area contributed by atoms with Gasteiger partial charge in [-0.05, 0) is 61.9 Å². The highest BCUT2D eigenvalue weighted by Gasteiger charge is 2.61. The van der Waals surface area contributed by atoms with E-state index in [-0.39, 0.29) is 11.9 Å². The lowest BCUT2D eigenvalue weighted by Gasteiger charge is -2.44. The predicted molar refractivity (Wildman–Crippen MR) is 131 cm³/mol. The molecule has 1 saturated heterocycles. The molecule has 4 N–H and O–H groups in total. The number of rotatable bonds is 6. The molecule has 1 aromatic rings. The highest BCUT2D eigenvalue weighted by molar-refractivity contribution is 8.13. The summed E-state index contributed by atoms with van der Waals surface area (Å²) >= 11 is 1.46. The summed E-state index contributed by atoms with van der Waals surface area (Å²) < 4.78 is 21.5. The Morgan fingerprint density at radius 3 is 2.74 bits per heavy atom. The van der Waals surface area contributed by atoms with Crippen molar-refractivity contribution in [3.63, 3.8) is 0 Å². The topological polar surface area (TPSA) is 73.6 Å². The van der Waals surface area contributed by atoms with Crippen LogP contribution in [0.5, 0.6) is 0 Å². The molecule has 2 aliphatic rings. The van der Waals surface area contributed by atoms with E-state index in [4.69, 9.17) is 21.2 Å². The second-order valence-corrected chi connectivity index (χ2v) is 9.65. The fourth-order valence-corrected chi connectivity index (χ4v) is 5.32. The van der Waals surface area contributed by atoms with Gasteiger partial charge in [-0.1, -0.05) is 56.0 Å². The van der Waals surface area contributed by atoms with Gasteiger partial charge in [-0.2, -0.15) is 0 Å². The number of allylic oxidation sites excluding steroid dienone is 5. The predicted octanol–water partition coefficient (Wildman–Crippen LogP) is 5.37. The minimum Gasteiger partial charge on any atom is -0.379 e. The first kappa shape index (κ1) is 23.8. The van der Waals surface area contributed by atoms with Crippen LogP contribution in [0.3, 0.4) is 0 Å². The van der Waals surface area contributed by atoms with Crippen LogP contribution in [0.2, 0.25) is 0 Å². The van der Waals surface area contributed by atoms with Gasteiger partial charge < -0.3 is 16.2 Å². The number of ether oxygens (including phenoxy) is 1. The molecule has 0 aliphatic carbocycles. The van der Waals surface area contributed by atoms with Crippen molar-refractivity contribution >= 4 is 22.5 Å². The molecular weight excluding hydrogens is 409 g/mol. The van der Waals surface area contributed by atoms with E-state index in [1.807, 2.05) is 52.0 Å². The molecular formula is C25H34FN3OS. The van der Waals surface area contributed by atoms with E-state index < -0.39 is 11.1 Å².